The average molecular weight is 328 g/mol. The molecule has 0 spiro atoms. The number of likely N-dealkylation sites (N-methyl/N-ethyl adjacent to an activating group) is 1. The standard InChI is InChI=1S/C12H10BrNO3S/c1-2-14-11(16)10(18-12(14)17)6-7-3-4-9(15)8(13)5-7/h3-6,15H,2H2,1H3/b10-6-. The summed E-state index contributed by atoms with van der Waals surface area (Å²) in [6, 6.07) is 4.90. The summed E-state index contributed by atoms with van der Waals surface area (Å²) in [5.74, 6) is -0.134. The highest BCUT2D eigenvalue weighted by Gasteiger charge is 2.33. The summed E-state index contributed by atoms with van der Waals surface area (Å²) in [6.45, 7) is 2.14. The first-order chi connectivity index (χ1) is 8.52. The highest BCUT2D eigenvalue weighted by molar-refractivity contribution is 9.10. The Morgan fingerprint density at radius 3 is 2.72 bits per heavy atom. The largest absolute Gasteiger partial charge is 0.507 e. The second kappa shape index (κ2) is 5.16. The summed E-state index contributed by atoms with van der Waals surface area (Å²) in [7, 11) is 0. The number of amides is 2. The third-order valence-corrected chi connectivity index (χ3v) is 4.00. The Balaban J connectivity index is 2.32. The summed E-state index contributed by atoms with van der Waals surface area (Å²) in [5.41, 5.74) is 0.751. The van der Waals surface area contributed by atoms with Crippen LogP contribution in [-0.4, -0.2) is 27.7 Å². The van der Waals surface area contributed by atoms with E-state index in [1.807, 2.05) is 0 Å². The van der Waals surface area contributed by atoms with Crippen molar-refractivity contribution in [1.82, 2.24) is 4.90 Å². The van der Waals surface area contributed by atoms with Crippen molar-refractivity contribution in [2.45, 2.75) is 6.92 Å². The van der Waals surface area contributed by atoms with Crippen LogP contribution in [0.2, 0.25) is 0 Å². The predicted octanol–water partition coefficient (Wildman–Crippen LogP) is 3.21. The zero-order valence-corrected chi connectivity index (χ0v) is 11.9. The number of carbonyl (C=O) groups is 2. The molecular formula is C12H10BrNO3S. The van der Waals surface area contributed by atoms with Crippen molar-refractivity contribution in [2.24, 2.45) is 0 Å². The minimum atomic E-state index is -0.267. The Labute approximate surface area is 117 Å². The van der Waals surface area contributed by atoms with Gasteiger partial charge in [-0.2, -0.15) is 0 Å². The lowest BCUT2D eigenvalue weighted by molar-refractivity contribution is -0.122. The van der Waals surface area contributed by atoms with Gasteiger partial charge in [0, 0.05) is 6.54 Å². The van der Waals surface area contributed by atoms with Gasteiger partial charge >= 0.3 is 0 Å². The highest BCUT2D eigenvalue weighted by atomic mass is 79.9. The number of carbonyl (C=O) groups excluding carboxylic acids is 2. The molecule has 0 aromatic heterocycles. The molecule has 0 bridgehead atoms. The molecule has 0 aliphatic carbocycles. The van der Waals surface area contributed by atoms with Crippen LogP contribution in [0.25, 0.3) is 6.08 Å². The first kappa shape index (κ1) is 13.2. The van der Waals surface area contributed by atoms with Crippen LogP contribution in [0.4, 0.5) is 4.79 Å². The topological polar surface area (TPSA) is 57.6 Å². The molecule has 0 unspecified atom stereocenters. The van der Waals surface area contributed by atoms with Crippen molar-refractivity contribution >= 4 is 44.9 Å². The summed E-state index contributed by atoms with van der Waals surface area (Å²) < 4.78 is 0.547. The fourth-order valence-electron chi connectivity index (χ4n) is 1.54. The number of hydrogen-bond donors (Lipinski definition) is 1. The molecule has 0 saturated carbocycles. The van der Waals surface area contributed by atoms with E-state index in [0.717, 1.165) is 17.3 Å². The number of phenolic OH excluding ortho intramolecular Hbond substituents is 1. The van der Waals surface area contributed by atoms with Crippen LogP contribution in [0.15, 0.2) is 27.6 Å². The molecule has 0 radical (unpaired) electrons. The molecule has 1 saturated heterocycles. The van der Waals surface area contributed by atoms with Crippen molar-refractivity contribution in [3.05, 3.63) is 33.1 Å². The van der Waals surface area contributed by atoms with Gasteiger partial charge in [-0.15, -0.1) is 0 Å². The Hall–Kier alpha value is -1.27. The van der Waals surface area contributed by atoms with Crippen LogP contribution in [0.5, 0.6) is 5.75 Å². The van der Waals surface area contributed by atoms with Crippen molar-refractivity contribution in [1.29, 1.82) is 0 Å². The maximum atomic E-state index is 11.9. The molecule has 0 atom stereocenters. The number of phenols is 1. The summed E-state index contributed by atoms with van der Waals surface area (Å²) >= 11 is 4.13. The summed E-state index contributed by atoms with van der Waals surface area (Å²) in [4.78, 5) is 25.0. The Bertz CT molecular complexity index is 556. The van der Waals surface area contributed by atoms with Gasteiger partial charge < -0.3 is 5.11 Å². The van der Waals surface area contributed by atoms with E-state index >= 15 is 0 Å². The van der Waals surface area contributed by atoms with E-state index in [4.69, 9.17) is 0 Å². The third-order valence-electron chi connectivity index (χ3n) is 2.46. The van der Waals surface area contributed by atoms with E-state index in [2.05, 4.69) is 15.9 Å². The molecular weight excluding hydrogens is 318 g/mol. The van der Waals surface area contributed by atoms with Gasteiger partial charge in [-0.3, -0.25) is 14.5 Å². The van der Waals surface area contributed by atoms with Crippen LogP contribution in [0.3, 0.4) is 0 Å². The van der Waals surface area contributed by atoms with E-state index < -0.39 is 0 Å². The first-order valence-corrected chi connectivity index (χ1v) is 6.87. The molecule has 94 valence electrons. The van der Waals surface area contributed by atoms with E-state index in [0.29, 0.717) is 15.9 Å². The van der Waals surface area contributed by atoms with Gasteiger partial charge in [0.25, 0.3) is 11.1 Å². The van der Waals surface area contributed by atoms with Gasteiger partial charge in [0.2, 0.25) is 0 Å². The summed E-state index contributed by atoms with van der Waals surface area (Å²) in [5, 5.41) is 9.13. The second-order valence-electron chi connectivity index (χ2n) is 3.64. The van der Waals surface area contributed by atoms with E-state index in [1.54, 1.807) is 25.1 Å². The van der Waals surface area contributed by atoms with Gasteiger partial charge in [0.05, 0.1) is 9.38 Å². The van der Waals surface area contributed by atoms with Crippen LogP contribution >= 0.6 is 27.7 Å². The maximum absolute atomic E-state index is 11.9. The molecule has 1 aliphatic rings. The second-order valence-corrected chi connectivity index (χ2v) is 5.48. The molecule has 2 amide bonds. The van der Waals surface area contributed by atoms with E-state index in [1.165, 1.54) is 11.0 Å². The van der Waals surface area contributed by atoms with Crippen molar-refractivity contribution < 1.29 is 14.7 Å². The molecule has 1 aromatic rings. The number of thioether (sulfide) groups is 1. The van der Waals surface area contributed by atoms with Gasteiger partial charge in [-0.05, 0) is 58.4 Å². The molecule has 4 nitrogen and oxygen atoms in total. The van der Waals surface area contributed by atoms with Gasteiger partial charge in [-0.1, -0.05) is 6.07 Å². The van der Waals surface area contributed by atoms with Crippen LogP contribution in [0.1, 0.15) is 12.5 Å². The number of hydrogen-bond acceptors (Lipinski definition) is 4. The fourth-order valence-corrected chi connectivity index (χ4v) is 2.84. The lowest BCUT2D eigenvalue weighted by atomic mass is 10.2. The fraction of sp³-hybridized carbons (Fsp3) is 0.167. The number of aromatic hydroxyl groups is 1. The van der Waals surface area contributed by atoms with Crippen LogP contribution < -0.4 is 0 Å². The number of benzene rings is 1. The van der Waals surface area contributed by atoms with E-state index in [-0.39, 0.29) is 16.9 Å². The Morgan fingerprint density at radius 2 is 2.17 bits per heavy atom. The van der Waals surface area contributed by atoms with Crippen LogP contribution in [0, 0.1) is 0 Å². The SMILES string of the molecule is CCN1C(=O)S/C(=C\c2ccc(O)c(Br)c2)C1=O. The Kier molecular flexibility index (Phi) is 3.77. The average Bonchev–Trinajstić information content (AvgIpc) is 2.59. The molecule has 2 rings (SSSR count). The zero-order chi connectivity index (χ0) is 13.3. The number of halogens is 1. The van der Waals surface area contributed by atoms with Crippen molar-refractivity contribution in [3.63, 3.8) is 0 Å². The van der Waals surface area contributed by atoms with Gasteiger partial charge in [0.1, 0.15) is 5.75 Å². The quantitative estimate of drug-likeness (QED) is 0.847. The highest BCUT2D eigenvalue weighted by Crippen LogP contribution is 2.33. The lowest BCUT2D eigenvalue weighted by Crippen LogP contribution is -2.27. The minimum Gasteiger partial charge on any atom is -0.507 e. The van der Waals surface area contributed by atoms with Gasteiger partial charge in [0.15, 0.2) is 0 Å². The molecule has 1 fully saturated rings. The molecule has 1 heterocycles. The molecule has 1 aromatic carbocycles. The predicted molar refractivity (Wildman–Crippen MR) is 74.2 cm³/mol. The lowest BCUT2D eigenvalue weighted by Gasteiger charge is -2.07. The Morgan fingerprint density at radius 1 is 1.44 bits per heavy atom. The number of rotatable bonds is 2. The molecule has 18 heavy (non-hydrogen) atoms. The van der Waals surface area contributed by atoms with Crippen molar-refractivity contribution in [3.8, 4) is 5.75 Å². The molecule has 6 heteroatoms. The van der Waals surface area contributed by atoms with Crippen molar-refractivity contribution in [2.75, 3.05) is 6.54 Å². The maximum Gasteiger partial charge on any atom is 0.293 e. The number of imide groups is 1. The zero-order valence-electron chi connectivity index (χ0n) is 9.51. The van der Waals surface area contributed by atoms with Gasteiger partial charge in [-0.25, -0.2) is 0 Å². The van der Waals surface area contributed by atoms with E-state index in [9.17, 15) is 14.7 Å². The molecule has 1 N–H and O–H groups in total. The molecule has 1 aliphatic heterocycles. The number of nitrogens with zero attached hydrogens (tertiary/aromatic N) is 1. The van der Waals surface area contributed by atoms with Crippen LogP contribution in [-0.2, 0) is 4.79 Å². The summed E-state index contributed by atoms with van der Waals surface area (Å²) in [6.07, 6.45) is 1.64. The smallest absolute Gasteiger partial charge is 0.293 e. The normalized spacial score (nSPS) is 17.9. The minimum absolute atomic E-state index is 0.133. The third kappa shape index (κ3) is 2.44. The monoisotopic (exact) mass is 327 g/mol. The first-order valence-electron chi connectivity index (χ1n) is 5.27.